The Bertz CT molecular complexity index is 1340. The van der Waals surface area contributed by atoms with E-state index >= 15 is 0 Å². The molecule has 5 rings (SSSR count). The first-order chi connectivity index (χ1) is 15.7. The van der Waals surface area contributed by atoms with Crippen molar-refractivity contribution >= 4 is 16.9 Å². The zero-order valence-corrected chi connectivity index (χ0v) is 17.8. The monoisotopic (exact) mass is 425 g/mol. The Morgan fingerprint density at radius 1 is 0.906 bits per heavy atom. The van der Waals surface area contributed by atoms with Gasteiger partial charge >= 0.3 is 0 Å². The molecule has 0 spiro atoms. The van der Waals surface area contributed by atoms with Crippen LogP contribution in [0.4, 0.5) is 0 Å². The van der Waals surface area contributed by atoms with Crippen molar-refractivity contribution in [2.45, 2.75) is 25.8 Å². The highest BCUT2D eigenvalue weighted by Crippen LogP contribution is 2.39. The van der Waals surface area contributed by atoms with Crippen LogP contribution in [-0.4, -0.2) is 17.4 Å². The molecule has 0 fully saturated rings. The molecule has 1 aromatic heterocycles. The summed E-state index contributed by atoms with van der Waals surface area (Å²) in [6.45, 7) is 2.62. The maximum Gasteiger partial charge on any atom is 0.290 e. The van der Waals surface area contributed by atoms with Gasteiger partial charge in [0.2, 0.25) is 5.76 Å². The molecular formula is C27H23NO4. The third-order valence-electron chi connectivity index (χ3n) is 5.78. The molecule has 0 saturated heterocycles. The number of ether oxygens (including phenoxy) is 1. The lowest BCUT2D eigenvalue weighted by Crippen LogP contribution is -2.30. The second kappa shape index (κ2) is 8.35. The van der Waals surface area contributed by atoms with E-state index in [2.05, 4.69) is 6.92 Å². The van der Waals surface area contributed by atoms with E-state index in [0.717, 1.165) is 24.2 Å². The Balaban J connectivity index is 1.63. The van der Waals surface area contributed by atoms with Crippen molar-refractivity contribution in [3.63, 3.8) is 0 Å². The molecule has 0 saturated carbocycles. The van der Waals surface area contributed by atoms with Crippen molar-refractivity contribution in [2.75, 3.05) is 6.54 Å². The van der Waals surface area contributed by atoms with Gasteiger partial charge in [-0.2, -0.15) is 0 Å². The minimum absolute atomic E-state index is 0.143. The zero-order valence-electron chi connectivity index (χ0n) is 17.8. The van der Waals surface area contributed by atoms with E-state index in [1.165, 1.54) is 0 Å². The highest BCUT2D eigenvalue weighted by atomic mass is 16.5. The summed E-state index contributed by atoms with van der Waals surface area (Å²) in [6, 6.07) is 23.7. The van der Waals surface area contributed by atoms with Gasteiger partial charge in [-0.05, 0) is 48.4 Å². The van der Waals surface area contributed by atoms with Gasteiger partial charge in [-0.3, -0.25) is 9.59 Å². The highest BCUT2D eigenvalue weighted by Gasteiger charge is 2.42. The summed E-state index contributed by atoms with van der Waals surface area (Å²) in [4.78, 5) is 28.5. The lowest BCUT2D eigenvalue weighted by molar-refractivity contribution is 0.0725. The summed E-state index contributed by atoms with van der Waals surface area (Å²) in [5, 5.41) is 0.484. The fraction of sp³-hybridized carbons (Fsp3) is 0.185. The molecule has 0 N–H and O–H groups in total. The molecular weight excluding hydrogens is 402 g/mol. The van der Waals surface area contributed by atoms with Crippen LogP contribution in [0.15, 0.2) is 88.1 Å². The van der Waals surface area contributed by atoms with Crippen LogP contribution in [0.25, 0.3) is 11.0 Å². The van der Waals surface area contributed by atoms with E-state index in [4.69, 9.17) is 9.15 Å². The molecule has 5 nitrogen and oxygen atoms in total. The average molecular weight is 425 g/mol. The Kier molecular flexibility index (Phi) is 5.23. The molecule has 1 atom stereocenters. The summed E-state index contributed by atoms with van der Waals surface area (Å²) >= 11 is 0. The average Bonchev–Trinajstić information content (AvgIpc) is 3.10. The molecule has 5 heteroatoms. The largest absolute Gasteiger partial charge is 0.457 e. The first-order valence-corrected chi connectivity index (χ1v) is 10.9. The van der Waals surface area contributed by atoms with Gasteiger partial charge in [-0.1, -0.05) is 55.8 Å². The van der Waals surface area contributed by atoms with E-state index in [0.29, 0.717) is 28.8 Å². The van der Waals surface area contributed by atoms with Gasteiger partial charge in [-0.15, -0.1) is 0 Å². The van der Waals surface area contributed by atoms with E-state index in [-0.39, 0.29) is 17.1 Å². The van der Waals surface area contributed by atoms with Crippen LogP contribution in [0, 0.1) is 0 Å². The summed E-state index contributed by atoms with van der Waals surface area (Å²) in [5.41, 5.74) is 1.50. The number of nitrogens with zero attached hydrogens (tertiary/aromatic N) is 1. The Morgan fingerprint density at radius 2 is 1.66 bits per heavy atom. The lowest BCUT2D eigenvalue weighted by Gasteiger charge is -2.25. The molecule has 32 heavy (non-hydrogen) atoms. The van der Waals surface area contributed by atoms with Crippen LogP contribution in [0.3, 0.4) is 0 Å². The number of carbonyl (C=O) groups is 1. The third kappa shape index (κ3) is 3.46. The van der Waals surface area contributed by atoms with Gasteiger partial charge in [-0.25, -0.2) is 0 Å². The lowest BCUT2D eigenvalue weighted by atomic mass is 9.98. The number of hydrogen-bond donors (Lipinski definition) is 0. The molecule has 0 radical (unpaired) electrons. The van der Waals surface area contributed by atoms with Crippen molar-refractivity contribution in [2.24, 2.45) is 0 Å². The highest BCUT2D eigenvalue weighted by molar-refractivity contribution is 5.99. The zero-order chi connectivity index (χ0) is 22.1. The molecule has 160 valence electrons. The second-order valence-corrected chi connectivity index (χ2v) is 7.91. The minimum atomic E-state index is -0.510. The van der Waals surface area contributed by atoms with E-state index < -0.39 is 6.04 Å². The molecule has 0 unspecified atom stereocenters. The molecule has 4 aromatic rings. The van der Waals surface area contributed by atoms with Crippen LogP contribution < -0.4 is 10.2 Å². The second-order valence-electron chi connectivity index (χ2n) is 7.91. The van der Waals surface area contributed by atoms with Gasteiger partial charge in [0, 0.05) is 6.54 Å². The summed E-state index contributed by atoms with van der Waals surface area (Å²) in [5.74, 6) is 1.27. The molecule has 0 aliphatic carbocycles. The summed E-state index contributed by atoms with van der Waals surface area (Å²) in [7, 11) is 0. The number of carbonyl (C=O) groups excluding carboxylic acids is 1. The fourth-order valence-electron chi connectivity index (χ4n) is 4.25. The van der Waals surface area contributed by atoms with Crippen LogP contribution >= 0.6 is 0 Å². The molecule has 1 aliphatic heterocycles. The predicted molar refractivity (Wildman–Crippen MR) is 123 cm³/mol. The number of rotatable bonds is 6. The Morgan fingerprint density at radius 3 is 2.47 bits per heavy atom. The predicted octanol–water partition coefficient (Wildman–Crippen LogP) is 5.93. The van der Waals surface area contributed by atoms with Crippen molar-refractivity contribution in [3.8, 4) is 11.5 Å². The van der Waals surface area contributed by atoms with Crippen molar-refractivity contribution < 1.29 is 13.9 Å². The third-order valence-corrected chi connectivity index (χ3v) is 5.78. The van der Waals surface area contributed by atoms with Gasteiger partial charge in [0.25, 0.3) is 5.91 Å². The van der Waals surface area contributed by atoms with Crippen LogP contribution in [-0.2, 0) is 0 Å². The van der Waals surface area contributed by atoms with E-state index in [1.807, 2.05) is 54.6 Å². The minimum Gasteiger partial charge on any atom is -0.457 e. The van der Waals surface area contributed by atoms with Gasteiger partial charge in [0.05, 0.1) is 17.0 Å². The Hall–Kier alpha value is -3.86. The normalized spacial score (nSPS) is 15.2. The van der Waals surface area contributed by atoms with E-state index in [1.54, 1.807) is 29.2 Å². The molecule has 3 aromatic carbocycles. The number of amides is 1. The van der Waals surface area contributed by atoms with Crippen LogP contribution in [0.1, 0.15) is 47.5 Å². The summed E-state index contributed by atoms with van der Waals surface area (Å²) < 4.78 is 12.0. The fourth-order valence-corrected chi connectivity index (χ4v) is 4.25. The smallest absolute Gasteiger partial charge is 0.290 e. The van der Waals surface area contributed by atoms with Crippen LogP contribution in [0.2, 0.25) is 0 Å². The van der Waals surface area contributed by atoms with E-state index in [9.17, 15) is 9.59 Å². The van der Waals surface area contributed by atoms with Crippen molar-refractivity contribution in [1.82, 2.24) is 4.90 Å². The molecule has 1 aliphatic rings. The maximum absolute atomic E-state index is 13.5. The van der Waals surface area contributed by atoms with Crippen molar-refractivity contribution in [1.29, 1.82) is 0 Å². The standard InChI is InChI=1S/C27H23NO4/c1-2-3-16-28-24(18-10-9-13-20(17-18)31-19-11-5-4-6-12-19)23-25(29)21-14-7-8-15-22(21)32-26(23)27(28)30/h4-15,17,24H,2-3,16H2,1H3/t24-/m0/s1. The maximum atomic E-state index is 13.5. The Labute approximate surface area is 185 Å². The SMILES string of the molecule is CCCCN1C(=O)c2oc3ccccc3c(=O)c2[C@@H]1c1cccc(Oc2ccccc2)c1. The first kappa shape index (κ1) is 20.1. The van der Waals surface area contributed by atoms with Crippen LogP contribution in [0.5, 0.6) is 11.5 Å². The molecule has 2 heterocycles. The number of para-hydroxylation sites is 2. The number of benzene rings is 3. The molecule has 1 amide bonds. The molecule has 0 bridgehead atoms. The number of hydrogen-bond acceptors (Lipinski definition) is 4. The van der Waals surface area contributed by atoms with Crippen molar-refractivity contribution in [3.05, 3.63) is 106 Å². The van der Waals surface area contributed by atoms with Gasteiger partial charge in [0.1, 0.15) is 17.1 Å². The number of unbranched alkanes of at least 4 members (excludes halogenated alkanes) is 1. The summed E-state index contributed by atoms with van der Waals surface area (Å²) in [6.07, 6.45) is 1.78. The topological polar surface area (TPSA) is 59.8 Å². The quantitative estimate of drug-likeness (QED) is 0.384. The van der Waals surface area contributed by atoms with Gasteiger partial charge < -0.3 is 14.1 Å². The number of fused-ring (bicyclic) bond motifs is 2. The first-order valence-electron chi connectivity index (χ1n) is 10.9. The van der Waals surface area contributed by atoms with Gasteiger partial charge in [0.15, 0.2) is 5.43 Å².